The van der Waals surface area contributed by atoms with Crippen LogP contribution in [0.1, 0.15) is 22.6 Å². The highest BCUT2D eigenvalue weighted by Crippen LogP contribution is 2.49. The van der Waals surface area contributed by atoms with Gasteiger partial charge in [0, 0.05) is 22.2 Å². The van der Waals surface area contributed by atoms with Crippen LogP contribution in [0.15, 0.2) is 91.0 Å². The van der Waals surface area contributed by atoms with Crippen molar-refractivity contribution in [2.75, 3.05) is 0 Å². The Morgan fingerprint density at radius 1 is 0.500 bits per heavy atom. The molecular weight excluding hydrogens is 314 g/mol. The van der Waals surface area contributed by atoms with E-state index in [1.165, 1.54) is 49.6 Å². The second-order valence-corrected chi connectivity index (χ2v) is 7.05. The fourth-order valence-electron chi connectivity index (χ4n) is 4.63. The summed E-state index contributed by atoms with van der Waals surface area (Å²) in [6.45, 7) is 0. The molecule has 0 radical (unpaired) electrons. The fraction of sp³-hybridized carbons (Fsp3) is 0.0400. The molecule has 0 bridgehead atoms. The molecule has 1 heterocycles. The standard InChI is InChI=1S/C25H17N/c1-3-11-19-16(8-1)17-9-2-4-12-20(17)24(19)22-14-7-13-21-18-10-5-6-15-23(18)26-25(21)22/h1-15,24,26H. The number of hydrogen-bond donors (Lipinski definition) is 1. The summed E-state index contributed by atoms with van der Waals surface area (Å²) in [5, 5.41) is 2.60. The lowest BCUT2D eigenvalue weighted by Gasteiger charge is -2.15. The van der Waals surface area contributed by atoms with E-state index in [-0.39, 0.29) is 5.92 Å². The zero-order valence-corrected chi connectivity index (χ0v) is 14.2. The first-order valence-corrected chi connectivity index (χ1v) is 9.09. The molecule has 0 saturated heterocycles. The van der Waals surface area contributed by atoms with Crippen LogP contribution in [0.3, 0.4) is 0 Å². The lowest BCUT2D eigenvalue weighted by molar-refractivity contribution is 1.02. The van der Waals surface area contributed by atoms with Gasteiger partial charge in [-0.2, -0.15) is 0 Å². The van der Waals surface area contributed by atoms with Gasteiger partial charge < -0.3 is 4.98 Å². The Bertz CT molecular complexity index is 1250. The number of aromatic nitrogens is 1. The van der Waals surface area contributed by atoms with Gasteiger partial charge in [0.15, 0.2) is 0 Å². The molecule has 0 fully saturated rings. The first-order valence-electron chi connectivity index (χ1n) is 9.09. The Kier molecular flexibility index (Phi) is 2.72. The molecular formula is C25H17N. The minimum Gasteiger partial charge on any atom is -0.354 e. The van der Waals surface area contributed by atoms with Gasteiger partial charge in [-0.25, -0.2) is 0 Å². The van der Waals surface area contributed by atoms with E-state index >= 15 is 0 Å². The second-order valence-electron chi connectivity index (χ2n) is 7.05. The van der Waals surface area contributed by atoms with Crippen LogP contribution in [0.5, 0.6) is 0 Å². The predicted molar refractivity (Wildman–Crippen MR) is 109 cm³/mol. The van der Waals surface area contributed by atoms with Crippen LogP contribution in [0.4, 0.5) is 0 Å². The van der Waals surface area contributed by atoms with Crippen molar-refractivity contribution >= 4 is 21.8 Å². The lowest BCUT2D eigenvalue weighted by atomic mass is 9.88. The predicted octanol–water partition coefficient (Wildman–Crippen LogP) is 6.48. The van der Waals surface area contributed by atoms with E-state index in [0.717, 1.165) is 0 Å². The Labute approximate surface area is 151 Å². The summed E-state index contributed by atoms with van der Waals surface area (Å²) in [4.78, 5) is 3.69. The third-order valence-electron chi connectivity index (χ3n) is 5.72. The molecule has 26 heavy (non-hydrogen) atoms. The van der Waals surface area contributed by atoms with Crippen LogP contribution >= 0.6 is 0 Å². The van der Waals surface area contributed by atoms with Crippen molar-refractivity contribution in [3.8, 4) is 11.1 Å². The second kappa shape index (κ2) is 5.09. The molecule has 1 aliphatic rings. The van der Waals surface area contributed by atoms with Gasteiger partial charge in [0.05, 0.1) is 5.52 Å². The third-order valence-corrected chi connectivity index (χ3v) is 5.72. The number of nitrogens with one attached hydrogen (secondary N) is 1. The molecule has 1 aliphatic carbocycles. The summed E-state index contributed by atoms with van der Waals surface area (Å²) in [7, 11) is 0. The number of benzene rings is 4. The normalized spacial score (nSPS) is 13.2. The molecule has 0 aliphatic heterocycles. The van der Waals surface area contributed by atoms with Crippen molar-refractivity contribution < 1.29 is 0 Å². The number of H-pyrrole nitrogens is 1. The zero-order valence-electron chi connectivity index (χ0n) is 14.2. The molecule has 1 aromatic heterocycles. The molecule has 0 atom stereocenters. The largest absolute Gasteiger partial charge is 0.354 e. The van der Waals surface area contributed by atoms with Gasteiger partial charge in [0.25, 0.3) is 0 Å². The molecule has 1 nitrogen and oxygen atoms in total. The van der Waals surface area contributed by atoms with Crippen molar-refractivity contribution in [1.29, 1.82) is 0 Å². The summed E-state index contributed by atoms with van der Waals surface area (Å²) in [6.07, 6.45) is 0. The average Bonchev–Trinajstić information content (AvgIpc) is 3.24. The maximum Gasteiger partial charge on any atom is 0.0507 e. The molecule has 4 aromatic carbocycles. The molecule has 1 N–H and O–H groups in total. The molecule has 6 rings (SSSR count). The molecule has 0 amide bonds. The topological polar surface area (TPSA) is 15.8 Å². The Morgan fingerprint density at radius 2 is 1.08 bits per heavy atom. The molecule has 0 unspecified atom stereocenters. The minimum absolute atomic E-state index is 0.277. The Morgan fingerprint density at radius 3 is 1.85 bits per heavy atom. The van der Waals surface area contributed by atoms with Crippen LogP contribution < -0.4 is 0 Å². The highest BCUT2D eigenvalue weighted by molar-refractivity contribution is 6.08. The van der Waals surface area contributed by atoms with Gasteiger partial charge in [0.1, 0.15) is 0 Å². The quantitative estimate of drug-likeness (QED) is 0.355. The van der Waals surface area contributed by atoms with Gasteiger partial charge >= 0.3 is 0 Å². The number of rotatable bonds is 1. The third kappa shape index (κ3) is 1.75. The minimum atomic E-state index is 0.277. The van der Waals surface area contributed by atoms with Gasteiger partial charge in [-0.05, 0) is 33.9 Å². The summed E-state index contributed by atoms with van der Waals surface area (Å²) in [6, 6.07) is 32.9. The highest BCUT2D eigenvalue weighted by Gasteiger charge is 2.30. The smallest absolute Gasteiger partial charge is 0.0507 e. The molecule has 5 aromatic rings. The highest BCUT2D eigenvalue weighted by atomic mass is 14.7. The lowest BCUT2D eigenvalue weighted by Crippen LogP contribution is -2.00. The van der Waals surface area contributed by atoms with Crippen LogP contribution in [-0.4, -0.2) is 4.98 Å². The van der Waals surface area contributed by atoms with Gasteiger partial charge in [-0.3, -0.25) is 0 Å². The van der Waals surface area contributed by atoms with Crippen LogP contribution in [-0.2, 0) is 0 Å². The van der Waals surface area contributed by atoms with E-state index in [4.69, 9.17) is 0 Å². The van der Waals surface area contributed by atoms with Crippen molar-refractivity contribution in [2.24, 2.45) is 0 Å². The number of para-hydroxylation sites is 2. The first kappa shape index (κ1) is 13.9. The van der Waals surface area contributed by atoms with Crippen molar-refractivity contribution in [2.45, 2.75) is 5.92 Å². The molecule has 0 spiro atoms. The van der Waals surface area contributed by atoms with Gasteiger partial charge in [-0.1, -0.05) is 84.9 Å². The van der Waals surface area contributed by atoms with E-state index in [2.05, 4.69) is 96.0 Å². The molecule has 1 heteroatoms. The van der Waals surface area contributed by atoms with Crippen LogP contribution in [0.2, 0.25) is 0 Å². The monoisotopic (exact) mass is 331 g/mol. The van der Waals surface area contributed by atoms with Crippen molar-refractivity contribution in [1.82, 2.24) is 4.98 Å². The SMILES string of the molecule is c1ccc2c(c1)-c1ccccc1C2c1cccc2c1[nH]c1ccccc12. The van der Waals surface area contributed by atoms with Crippen molar-refractivity contribution in [3.05, 3.63) is 108 Å². The number of aromatic amines is 1. The number of fused-ring (bicyclic) bond motifs is 6. The van der Waals surface area contributed by atoms with E-state index in [0.29, 0.717) is 0 Å². The van der Waals surface area contributed by atoms with Gasteiger partial charge in [-0.15, -0.1) is 0 Å². The van der Waals surface area contributed by atoms with E-state index in [1.54, 1.807) is 0 Å². The van der Waals surface area contributed by atoms with E-state index in [9.17, 15) is 0 Å². The Hall–Kier alpha value is -3.32. The zero-order chi connectivity index (χ0) is 17.1. The maximum absolute atomic E-state index is 3.69. The molecule has 122 valence electrons. The summed E-state index contributed by atoms with van der Waals surface area (Å²) < 4.78 is 0. The fourth-order valence-corrected chi connectivity index (χ4v) is 4.63. The summed E-state index contributed by atoms with van der Waals surface area (Å²) >= 11 is 0. The average molecular weight is 331 g/mol. The summed E-state index contributed by atoms with van der Waals surface area (Å²) in [5.41, 5.74) is 9.35. The Balaban J connectivity index is 1.71. The molecule has 0 saturated carbocycles. The number of hydrogen-bond acceptors (Lipinski definition) is 0. The van der Waals surface area contributed by atoms with E-state index in [1.807, 2.05) is 0 Å². The van der Waals surface area contributed by atoms with Crippen LogP contribution in [0, 0.1) is 0 Å². The van der Waals surface area contributed by atoms with E-state index < -0.39 is 0 Å². The first-order chi connectivity index (χ1) is 12.9. The van der Waals surface area contributed by atoms with Gasteiger partial charge in [0.2, 0.25) is 0 Å². The van der Waals surface area contributed by atoms with Crippen molar-refractivity contribution in [3.63, 3.8) is 0 Å². The van der Waals surface area contributed by atoms with Crippen LogP contribution in [0.25, 0.3) is 32.9 Å². The summed E-state index contributed by atoms with van der Waals surface area (Å²) in [5.74, 6) is 0.277. The maximum atomic E-state index is 3.69.